The summed E-state index contributed by atoms with van der Waals surface area (Å²) in [5.41, 5.74) is 1.80. The Balaban J connectivity index is 1.42. The number of rotatable bonds is 8. The molecule has 10 heteroatoms. The number of ether oxygens (including phenoxy) is 3. The maximum atomic E-state index is 12.9. The molecule has 4 rings (SSSR count). The fourth-order valence-corrected chi connectivity index (χ4v) is 4.29. The quantitative estimate of drug-likeness (QED) is 0.522. The van der Waals surface area contributed by atoms with Gasteiger partial charge in [0.1, 0.15) is 0 Å². The summed E-state index contributed by atoms with van der Waals surface area (Å²) in [4.78, 5) is 32.1. The molecule has 0 radical (unpaired) electrons. The average Bonchev–Trinajstić information content (AvgIpc) is 2.85. The second-order valence-electron chi connectivity index (χ2n) is 7.85. The molecule has 1 aliphatic rings. The number of halogens is 1. The van der Waals surface area contributed by atoms with Gasteiger partial charge in [0.15, 0.2) is 11.5 Å². The first-order valence-corrected chi connectivity index (χ1v) is 11.4. The molecular weight excluding hydrogens is 460 g/mol. The summed E-state index contributed by atoms with van der Waals surface area (Å²) in [7, 11) is 3.05. The van der Waals surface area contributed by atoms with E-state index in [2.05, 4.69) is 15.2 Å². The summed E-state index contributed by atoms with van der Waals surface area (Å²) in [6, 6.07) is 8.76. The average molecular weight is 487 g/mol. The van der Waals surface area contributed by atoms with E-state index < -0.39 is 0 Å². The lowest BCUT2D eigenvalue weighted by Gasteiger charge is -2.31. The highest BCUT2D eigenvalue weighted by Gasteiger charge is 2.19. The van der Waals surface area contributed by atoms with E-state index in [1.54, 1.807) is 12.1 Å². The molecule has 2 heterocycles. The molecule has 9 nitrogen and oxygen atoms in total. The molecule has 1 N–H and O–H groups in total. The van der Waals surface area contributed by atoms with Gasteiger partial charge in [0.25, 0.3) is 5.56 Å². The van der Waals surface area contributed by atoms with Crippen LogP contribution in [0.4, 0.5) is 11.4 Å². The van der Waals surface area contributed by atoms with E-state index in [4.69, 9.17) is 25.8 Å². The van der Waals surface area contributed by atoms with E-state index >= 15 is 0 Å². The maximum Gasteiger partial charge on any atom is 0.261 e. The third-order valence-corrected chi connectivity index (χ3v) is 6.03. The van der Waals surface area contributed by atoms with Crippen LogP contribution >= 0.6 is 11.6 Å². The lowest BCUT2D eigenvalue weighted by Crippen LogP contribution is -2.37. The lowest BCUT2D eigenvalue weighted by molar-refractivity contribution is -0.116. The third kappa shape index (κ3) is 5.10. The minimum absolute atomic E-state index is 0.148. The molecule has 1 amide bonds. The van der Waals surface area contributed by atoms with E-state index in [9.17, 15) is 9.59 Å². The second kappa shape index (κ2) is 10.8. The van der Waals surface area contributed by atoms with Crippen molar-refractivity contribution in [3.8, 4) is 11.5 Å². The van der Waals surface area contributed by atoms with Gasteiger partial charge in [-0.1, -0.05) is 17.7 Å². The molecule has 0 atom stereocenters. The zero-order valence-electron chi connectivity index (χ0n) is 19.2. The Morgan fingerprint density at radius 1 is 1.18 bits per heavy atom. The molecule has 1 aliphatic heterocycles. The van der Waals surface area contributed by atoms with Crippen LogP contribution in [0.1, 0.15) is 12.8 Å². The van der Waals surface area contributed by atoms with Gasteiger partial charge >= 0.3 is 0 Å². The van der Waals surface area contributed by atoms with Crippen molar-refractivity contribution in [1.82, 2.24) is 9.55 Å². The Kier molecular flexibility index (Phi) is 7.54. The Morgan fingerprint density at radius 3 is 2.65 bits per heavy atom. The van der Waals surface area contributed by atoms with Gasteiger partial charge in [-0.05, 0) is 24.6 Å². The standard InChI is InChI=1S/C24H27ClN4O5/c1-32-20-13-16-19(14-21(20)33-2)26-15-29(24(16)31)8-4-7-22(30)27-18-6-3-5-17(25)23(18)28-9-11-34-12-10-28/h3,5-6,13-15H,4,7-12H2,1-2H3,(H,27,30). The highest BCUT2D eigenvalue weighted by atomic mass is 35.5. The molecule has 0 bridgehead atoms. The molecule has 0 unspecified atom stereocenters. The maximum absolute atomic E-state index is 12.9. The van der Waals surface area contributed by atoms with Crippen LogP contribution in [0.15, 0.2) is 41.5 Å². The fourth-order valence-electron chi connectivity index (χ4n) is 3.99. The van der Waals surface area contributed by atoms with Gasteiger partial charge in [-0.25, -0.2) is 4.98 Å². The number of methoxy groups -OCH3 is 2. The topological polar surface area (TPSA) is 94.9 Å². The van der Waals surface area contributed by atoms with Crippen molar-refractivity contribution in [2.24, 2.45) is 0 Å². The monoisotopic (exact) mass is 486 g/mol. The smallest absolute Gasteiger partial charge is 0.261 e. The first-order valence-electron chi connectivity index (χ1n) is 11.0. The summed E-state index contributed by atoms with van der Waals surface area (Å²) in [6.45, 7) is 3.01. The van der Waals surface area contributed by atoms with Gasteiger partial charge in [0.2, 0.25) is 5.91 Å². The van der Waals surface area contributed by atoms with E-state index in [0.29, 0.717) is 72.4 Å². The predicted molar refractivity (Wildman–Crippen MR) is 131 cm³/mol. The van der Waals surface area contributed by atoms with Crippen molar-refractivity contribution < 1.29 is 19.0 Å². The SMILES string of the molecule is COc1cc2ncn(CCCC(=O)Nc3cccc(Cl)c3N3CCOCC3)c(=O)c2cc1OC. The van der Waals surface area contributed by atoms with E-state index in [1.807, 2.05) is 18.2 Å². The number of hydrogen-bond donors (Lipinski definition) is 1. The molecular formula is C24H27ClN4O5. The number of aryl methyl sites for hydroxylation is 1. The highest BCUT2D eigenvalue weighted by molar-refractivity contribution is 6.34. The van der Waals surface area contributed by atoms with Gasteiger partial charge in [-0.15, -0.1) is 0 Å². The molecule has 1 fully saturated rings. The largest absolute Gasteiger partial charge is 0.493 e. The number of carbonyl (C=O) groups excluding carboxylic acids is 1. The number of anilines is 2. The number of aromatic nitrogens is 2. The van der Waals surface area contributed by atoms with Crippen LogP contribution < -0.4 is 25.2 Å². The number of hydrogen-bond acceptors (Lipinski definition) is 7. The van der Waals surface area contributed by atoms with Crippen molar-refractivity contribution in [3.05, 3.63) is 52.0 Å². The number of nitrogens with zero attached hydrogens (tertiary/aromatic N) is 3. The molecule has 3 aromatic rings. The normalized spacial score (nSPS) is 13.7. The minimum atomic E-state index is -0.198. The van der Waals surface area contributed by atoms with Gasteiger partial charge < -0.3 is 24.4 Å². The van der Waals surface area contributed by atoms with E-state index in [1.165, 1.54) is 25.1 Å². The first-order chi connectivity index (χ1) is 16.5. The molecule has 0 saturated carbocycles. The van der Waals surface area contributed by atoms with Crippen molar-refractivity contribution in [2.45, 2.75) is 19.4 Å². The number of fused-ring (bicyclic) bond motifs is 1. The van der Waals surface area contributed by atoms with Gasteiger partial charge in [0.05, 0.1) is 61.1 Å². The summed E-state index contributed by atoms with van der Waals surface area (Å²) in [5, 5.41) is 3.98. The zero-order chi connectivity index (χ0) is 24.1. The van der Waals surface area contributed by atoms with Gasteiger partial charge in [-0.3, -0.25) is 14.2 Å². The van der Waals surface area contributed by atoms with Crippen LogP contribution in [0.25, 0.3) is 10.9 Å². The molecule has 34 heavy (non-hydrogen) atoms. The van der Waals surface area contributed by atoms with Crippen LogP contribution in [-0.2, 0) is 16.1 Å². The Bertz CT molecular complexity index is 1240. The molecule has 0 spiro atoms. The number of para-hydroxylation sites is 1. The Labute approximate surface area is 202 Å². The zero-order valence-corrected chi connectivity index (χ0v) is 19.9. The van der Waals surface area contributed by atoms with Crippen molar-refractivity contribution in [3.63, 3.8) is 0 Å². The summed E-state index contributed by atoms with van der Waals surface area (Å²) in [5.74, 6) is 0.822. The van der Waals surface area contributed by atoms with Crippen LogP contribution in [0, 0.1) is 0 Å². The van der Waals surface area contributed by atoms with Crippen molar-refractivity contribution in [1.29, 1.82) is 0 Å². The number of morpholine rings is 1. The lowest BCUT2D eigenvalue weighted by atomic mass is 10.2. The second-order valence-corrected chi connectivity index (χ2v) is 8.26. The Morgan fingerprint density at radius 2 is 1.91 bits per heavy atom. The van der Waals surface area contributed by atoms with E-state index in [-0.39, 0.29) is 17.9 Å². The summed E-state index contributed by atoms with van der Waals surface area (Å²) in [6.07, 6.45) is 2.20. The van der Waals surface area contributed by atoms with E-state index in [0.717, 1.165) is 5.69 Å². The molecule has 2 aromatic carbocycles. The van der Waals surface area contributed by atoms with Gasteiger partial charge in [-0.2, -0.15) is 0 Å². The highest BCUT2D eigenvalue weighted by Crippen LogP contribution is 2.34. The third-order valence-electron chi connectivity index (χ3n) is 5.72. The van der Waals surface area contributed by atoms with Crippen molar-refractivity contribution in [2.75, 3.05) is 50.7 Å². The van der Waals surface area contributed by atoms with Crippen molar-refractivity contribution >= 4 is 39.8 Å². The summed E-state index contributed by atoms with van der Waals surface area (Å²) >= 11 is 6.44. The van der Waals surface area contributed by atoms with Crippen LogP contribution in [0.5, 0.6) is 11.5 Å². The summed E-state index contributed by atoms with van der Waals surface area (Å²) < 4.78 is 17.5. The van der Waals surface area contributed by atoms with Crippen LogP contribution in [0.3, 0.4) is 0 Å². The minimum Gasteiger partial charge on any atom is -0.493 e. The van der Waals surface area contributed by atoms with Crippen LogP contribution in [0.2, 0.25) is 5.02 Å². The predicted octanol–water partition coefficient (Wildman–Crippen LogP) is 3.32. The molecule has 0 aliphatic carbocycles. The fraction of sp³-hybridized carbons (Fsp3) is 0.375. The molecule has 180 valence electrons. The first kappa shape index (κ1) is 23.8. The Hall–Kier alpha value is -3.30. The van der Waals surface area contributed by atoms with Crippen LogP contribution in [-0.4, -0.2) is 56.0 Å². The molecule has 1 aromatic heterocycles. The number of nitrogens with one attached hydrogen (secondary N) is 1. The molecule has 1 saturated heterocycles. The number of carbonyl (C=O) groups is 1. The number of benzene rings is 2. The van der Waals surface area contributed by atoms with Gasteiger partial charge in [0, 0.05) is 32.1 Å². The number of amides is 1.